The summed E-state index contributed by atoms with van der Waals surface area (Å²) in [5.41, 5.74) is 8.02. The van der Waals surface area contributed by atoms with Crippen LogP contribution in [0.15, 0.2) is 36.4 Å². The average Bonchev–Trinajstić information content (AvgIpc) is 2.73. The summed E-state index contributed by atoms with van der Waals surface area (Å²) in [6.07, 6.45) is 0.871. The van der Waals surface area contributed by atoms with Crippen LogP contribution < -0.4 is 15.2 Å². The van der Waals surface area contributed by atoms with Crippen molar-refractivity contribution in [1.29, 1.82) is 0 Å². The van der Waals surface area contributed by atoms with Crippen molar-refractivity contribution >= 4 is 23.2 Å². The molecule has 0 amide bonds. The number of benzene rings is 2. The average molecular weight is 324 g/mol. The summed E-state index contributed by atoms with van der Waals surface area (Å²) in [5.74, 6) is 1.47. The standard InChI is InChI=1S/C16H15Cl2NO2/c17-11-3-4-13(18)12(9-11)16(19)10-2-5-14-15(8-10)21-7-1-6-20-14/h2-5,8-9,16H,1,6-7,19H2. The molecule has 0 spiro atoms. The van der Waals surface area contributed by atoms with Gasteiger partial charge in [0, 0.05) is 16.5 Å². The highest BCUT2D eigenvalue weighted by molar-refractivity contribution is 6.33. The molecule has 0 aromatic heterocycles. The summed E-state index contributed by atoms with van der Waals surface area (Å²) >= 11 is 12.2. The van der Waals surface area contributed by atoms with Gasteiger partial charge in [0.1, 0.15) is 0 Å². The van der Waals surface area contributed by atoms with Gasteiger partial charge in [0.15, 0.2) is 11.5 Å². The van der Waals surface area contributed by atoms with Crippen LogP contribution in [0.5, 0.6) is 11.5 Å². The van der Waals surface area contributed by atoms with Crippen LogP contribution in [0.4, 0.5) is 0 Å². The van der Waals surface area contributed by atoms with E-state index in [1.54, 1.807) is 18.2 Å². The minimum atomic E-state index is -0.367. The Morgan fingerprint density at radius 3 is 2.52 bits per heavy atom. The van der Waals surface area contributed by atoms with Crippen molar-refractivity contribution in [3.8, 4) is 11.5 Å². The lowest BCUT2D eigenvalue weighted by Gasteiger charge is -2.16. The Kier molecular flexibility index (Phi) is 4.24. The van der Waals surface area contributed by atoms with Crippen molar-refractivity contribution in [2.24, 2.45) is 5.73 Å². The quantitative estimate of drug-likeness (QED) is 0.900. The summed E-state index contributed by atoms with van der Waals surface area (Å²) < 4.78 is 11.3. The predicted octanol–water partition coefficient (Wildman–Crippen LogP) is 4.20. The van der Waals surface area contributed by atoms with Crippen molar-refractivity contribution in [2.75, 3.05) is 13.2 Å². The van der Waals surface area contributed by atoms with E-state index < -0.39 is 0 Å². The van der Waals surface area contributed by atoms with Crippen LogP contribution in [-0.2, 0) is 0 Å². The van der Waals surface area contributed by atoms with E-state index in [9.17, 15) is 0 Å². The normalized spacial score (nSPS) is 15.4. The van der Waals surface area contributed by atoms with Gasteiger partial charge in [0.25, 0.3) is 0 Å². The van der Waals surface area contributed by atoms with Gasteiger partial charge in [0.05, 0.1) is 19.3 Å². The van der Waals surface area contributed by atoms with E-state index >= 15 is 0 Å². The van der Waals surface area contributed by atoms with Gasteiger partial charge in [-0.25, -0.2) is 0 Å². The van der Waals surface area contributed by atoms with Gasteiger partial charge in [-0.1, -0.05) is 29.3 Å². The number of nitrogens with two attached hydrogens (primary N) is 1. The Bertz CT molecular complexity index is 661. The molecule has 2 N–H and O–H groups in total. The van der Waals surface area contributed by atoms with Crippen LogP contribution >= 0.6 is 23.2 Å². The Balaban J connectivity index is 1.96. The van der Waals surface area contributed by atoms with Crippen LogP contribution in [0.25, 0.3) is 0 Å². The topological polar surface area (TPSA) is 44.5 Å². The van der Waals surface area contributed by atoms with Crippen molar-refractivity contribution in [3.05, 3.63) is 57.6 Å². The zero-order chi connectivity index (χ0) is 14.8. The van der Waals surface area contributed by atoms with Crippen LogP contribution in [0.3, 0.4) is 0 Å². The molecule has 0 fully saturated rings. The van der Waals surface area contributed by atoms with Crippen LogP contribution in [0, 0.1) is 0 Å². The molecular weight excluding hydrogens is 309 g/mol. The number of halogens is 2. The molecule has 1 unspecified atom stereocenters. The molecule has 21 heavy (non-hydrogen) atoms. The van der Waals surface area contributed by atoms with Crippen molar-refractivity contribution in [2.45, 2.75) is 12.5 Å². The number of ether oxygens (including phenoxy) is 2. The fourth-order valence-electron chi connectivity index (χ4n) is 2.31. The molecule has 110 valence electrons. The summed E-state index contributed by atoms with van der Waals surface area (Å²) in [5, 5.41) is 1.21. The second kappa shape index (κ2) is 6.14. The highest BCUT2D eigenvalue weighted by Crippen LogP contribution is 2.35. The monoisotopic (exact) mass is 323 g/mol. The maximum atomic E-state index is 6.32. The second-order valence-corrected chi connectivity index (χ2v) is 5.74. The van der Waals surface area contributed by atoms with Crippen molar-refractivity contribution in [3.63, 3.8) is 0 Å². The third kappa shape index (κ3) is 3.10. The van der Waals surface area contributed by atoms with Gasteiger partial charge < -0.3 is 15.2 Å². The Morgan fingerprint density at radius 2 is 1.71 bits per heavy atom. The smallest absolute Gasteiger partial charge is 0.161 e. The molecule has 1 aliphatic rings. The highest BCUT2D eigenvalue weighted by atomic mass is 35.5. The minimum Gasteiger partial charge on any atom is -0.490 e. The molecule has 1 heterocycles. The van der Waals surface area contributed by atoms with E-state index in [2.05, 4.69) is 0 Å². The summed E-state index contributed by atoms with van der Waals surface area (Å²) in [6, 6.07) is 10.6. The Hall–Kier alpha value is -1.42. The Labute approximate surface area is 133 Å². The van der Waals surface area contributed by atoms with E-state index in [0.717, 1.165) is 29.0 Å². The fraction of sp³-hybridized carbons (Fsp3) is 0.250. The van der Waals surface area contributed by atoms with E-state index in [4.69, 9.17) is 38.4 Å². The first-order valence-corrected chi connectivity index (χ1v) is 7.51. The first-order valence-electron chi connectivity index (χ1n) is 6.75. The van der Waals surface area contributed by atoms with Gasteiger partial charge >= 0.3 is 0 Å². The fourth-order valence-corrected chi connectivity index (χ4v) is 2.72. The molecule has 0 radical (unpaired) electrons. The molecule has 3 rings (SSSR count). The number of rotatable bonds is 2. The molecule has 0 saturated heterocycles. The summed E-state index contributed by atoms with van der Waals surface area (Å²) in [4.78, 5) is 0. The molecule has 0 aliphatic carbocycles. The van der Waals surface area contributed by atoms with Gasteiger partial charge in [0.2, 0.25) is 0 Å². The predicted molar refractivity (Wildman–Crippen MR) is 84.5 cm³/mol. The van der Waals surface area contributed by atoms with Crippen LogP contribution in [0.1, 0.15) is 23.6 Å². The third-order valence-corrected chi connectivity index (χ3v) is 4.00. The third-order valence-electron chi connectivity index (χ3n) is 3.42. The van der Waals surface area contributed by atoms with E-state index in [-0.39, 0.29) is 6.04 Å². The first-order chi connectivity index (χ1) is 10.1. The summed E-state index contributed by atoms with van der Waals surface area (Å²) in [7, 11) is 0. The maximum absolute atomic E-state index is 6.32. The van der Waals surface area contributed by atoms with E-state index in [1.165, 1.54) is 0 Å². The lowest BCUT2D eigenvalue weighted by Crippen LogP contribution is -2.12. The van der Waals surface area contributed by atoms with Crippen molar-refractivity contribution in [1.82, 2.24) is 0 Å². The second-order valence-electron chi connectivity index (χ2n) is 4.90. The van der Waals surface area contributed by atoms with Gasteiger partial charge in [-0.15, -0.1) is 0 Å². The molecular formula is C16H15Cl2NO2. The van der Waals surface area contributed by atoms with Gasteiger partial charge in [-0.05, 0) is 41.5 Å². The molecule has 2 aromatic rings. The zero-order valence-corrected chi connectivity index (χ0v) is 12.8. The molecule has 1 atom stereocenters. The van der Waals surface area contributed by atoms with Crippen molar-refractivity contribution < 1.29 is 9.47 Å². The molecule has 5 heteroatoms. The SMILES string of the molecule is NC(c1ccc2c(c1)OCCCO2)c1cc(Cl)ccc1Cl. The maximum Gasteiger partial charge on any atom is 0.161 e. The van der Waals surface area contributed by atoms with Crippen LogP contribution in [-0.4, -0.2) is 13.2 Å². The molecule has 0 bridgehead atoms. The Morgan fingerprint density at radius 1 is 0.952 bits per heavy atom. The lowest BCUT2D eigenvalue weighted by atomic mass is 9.99. The van der Waals surface area contributed by atoms with Gasteiger partial charge in [-0.3, -0.25) is 0 Å². The first kappa shape index (κ1) is 14.5. The molecule has 0 saturated carbocycles. The van der Waals surface area contributed by atoms with Gasteiger partial charge in [-0.2, -0.15) is 0 Å². The summed E-state index contributed by atoms with van der Waals surface area (Å²) in [6.45, 7) is 1.31. The van der Waals surface area contributed by atoms with Crippen LogP contribution in [0.2, 0.25) is 10.0 Å². The zero-order valence-electron chi connectivity index (χ0n) is 11.3. The number of hydrogen-bond donors (Lipinski definition) is 1. The molecule has 1 aliphatic heterocycles. The molecule has 2 aromatic carbocycles. The highest BCUT2D eigenvalue weighted by Gasteiger charge is 2.17. The van der Waals surface area contributed by atoms with E-state index in [1.807, 2.05) is 18.2 Å². The molecule has 3 nitrogen and oxygen atoms in total. The largest absolute Gasteiger partial charge is 0.490 e. The number of hydrogen-bond acceptors (Lipinski definition) is 3. The lowest BCUT2D eigenvalue weighted by molar-refractivity contribution is 0.297. The number of fused-ring (bicyclic) bond motifs is 1. The van der Waals surface area contributed by atoms with E-state index in [0.29, 0.717) is 23.3 Å². The minimum absolute atomic E-state index is 0.367.